The minimum Gasteiger partial charge on any atom is -0.385 e. The highest BCUT2D eigenvalue weighted by Gasteiger charge is 2.51. The number of benzene rings is 1. The number of nitrogens with zero attached hydrogens (tertiary/aromatic N) is 2. The van der Waals surface area contributed by atoms with Crippen LogP contribution in [0.15, 0.2) is 30.6 Å². The highest BCUT2D eigenvalue weighted by Crippen LogP contribution is 2.36. The van der Waals surface area contributed by atoms with Crippen LogP contribution >= 0.6 is 0 Å². The summed E-state index contributed by atoms with van der Waals surface area (Å²) in [5.41, 5.74) is -0.0647. The van der Waals surface area contributed by atoms with Gasteiger partial charge in [0.05, 0.1) is 23.0 Å². The summed E-state index contributed by atoms with van der Waals surface area (Å²) >= 11 is 0. The van der Waals surface area contributed by atoms with Crippen molar-refractivity contribution in [2.24, 2.45) is 5.92 Å². The first-order valence-corrected chi connectivity index (χ1v) is 11.2. The quantitative estimate of drug-likeness (QED) is 0.444. The number of hydrogen-bond acceptors (Lipinski definition) is 6. The molecular weight excluding hydrogens is 429 g/mol. The number of carbonyl (C=O) groups excluding carboxylic acids is 3. The van der Waals surface area contributed by atoms with Crippen molar-refractivity contribution in [3.05, 3.63) is 47.5 Å². The Morgan fingerprint density at radius 1 is 1.30 bits per heavy atom. The number of anilines is 1. The number of aliphatic hydroxyl groups excluding tert-OH is 1. The van der Waals surface area contributed by atoms with Gasteiger partial charge in [-0.25, -0.2) is 4.39 Å². The van der Waals surface area contributed by atoms with Crippen LogP contribution in [0.4, 0.5) is 10.1 Å². The molecule has 1 unspecified atom stereocenters. The zero-order chi connectivity index (χ0) is 23.6. The number of aromatic nitrogens is 2. The van der Waals surface area contributed by atoms with Crippen LogP contribution in [0.3, 0.4) is 0 Å². The van der Waals surface area contributed by atoms with E-state index in [0.29, 0.717) is 43.7 Å². The standard InChI is InChI=1S/C23H28FN5O4/c1-14(30)20(31)19-17(24)3-2-4-18(19)29-9-5-15(6-10-29)11-25-22(33)23(7-8-23)28-21(32)16-12-26-27-13-16/h2-4,12-15,30H,5-11H2,1H3,(H,25,33)(H,26,27)(H,28,32). The van der Waals surface area contributed by atoms with Crippen molar-refractivity contribution in [1.82, 2.24) is 20.8 Å². The number of H-pyrrole nitrogens is 1. The van der Waals surface area contributed by atoms with Gasteiger partial charge in [0.25, 0.3) is 5.91 Å². The lowest BCUT2D eigenvalue weighted by atomic mass is 9.94. The maximum atomic E-state index is 14.4. The van der Waals surface area contributed by atoms with E-state index in [9.17, 15) is 23.9 Å². The topological polar surface area (TPSA) is 127 Å². The number of aromatic amines is 1. The van der Waals surface area contributed by atoms with Crippen molar-refractivity contribution < 1.29 is 23.9 Å². The first-order chi connectivity index (χ1) is 15.8. The fraction of sp³-hybridized carbons (Fsp3) is 0.478. The maximum Gasteiger partial charge on any atom is 0.255 e. The average Bonchev–Trinajstić information content (AvgIpc) is 3.37. The molecule has 10 heteroatoms. The molecule has 0 spiro atoms. The molecule has 1 saturated heterocycles. The lowest BCUT2D eigenvalue weighted by Crippen LogP contribution is -2.50. The second-order valence-electron chi connectivity index (χ2n) is 8.84. The number of hydrogen-bond donors (Lipinski definition) is 4. The summed E-state index contributed by atoms with van der Waals surface area (Å²) in [7, 11) is 0. The van der Waals surface area contributed by atoms with Crippen LogP contribution in [-0.2, 0) is 4.79 Å². The molecule has 2 amide bonds. The molecule has 2 fully saturated rings. The maximum absolute atomic E-state index is 14.4. The van der Waals surface area contributed by atoms with Crippen LogP contribution in [0, 0.1) is 11.7 Å². The molecule has 2 aromatic rings. The fourth-order valence-electron chi connectivity index (χ4n) is 4.21. The van der Waals surface area contributed by atoms with Crippen molar-refractivity contribution in [3.8, 4) is 0 Å². The fourth-order valence-corrected chi connectivity index (χ4v) is 4.21. The number of halogens is 1. The van der Waals surface area contributed by atoms with Crippen LogP contribution in [0.1, 0.15) is 53.3 Å². The molecule has 1 saturated carbocycles. The Hall–Kier alpha value is -3.27. The van der Waals surface area contributed by atoms with Crippen LogP contribution < -0.4 is 15.5 Å². The third kappa shape index (κ3) is 4.90. The largest absolute Gasteiger partial charge is 0.385 e. The van der Waals surface area contributed by atoms with Crippen molar-refractivity contribution in [2.45, 2.75) is 44.2 Å². The molecule has 33 heavy (non-hydrogen) atoms. The van der Waals surface area contributed by atoms with E-state index in [1.54, 1.807) is 12.1 Å². The molecule has 2 aliphatic rings. The van der Waals surface area contributed by atoms with E-state index in [1.807, 2.05) is 4.90 Å². The van der Waals surface area contributed by atoms with E-state index in [2.05, 4.69) is 20.8 Å². The number of ketones is 1. The van der Waals surface area contributed by atoms with E-state index in [1.165, 1.54) is 25.4 Å². The third-order valence-electron chi connectivity index (χ3n) is 6.42. The zero-order valence-corrected chi connectivity index (χ0v) is 18.4. The summed E-state index contributed by atoms with van der Waals surface area (Å²) in [6.45, 7) is 3.02. The number of aliphatic hydroxyl groups is 1. The van der Waals surface area contributed by atoms with Gasteiger partial charge in [-0.2, -0.15) is 5.10 Å². The first-order valence-electron chi connectivity index (χ1n) is 11.2. The van der Waals surface area contributed by atoms with E-state index >= 15 is 0 Å². The monoisotopic (exact) mass is 457 g/mol. The normalized spacial score (nSPS) is 18.5. The molecule has 1 aromatic carbocycles. The molecule has 4 rings (SSSR count). The Balaban J connectivity index is 1.30. The predicted molar refractivity (Wildman–Crippen MR) is 118 cm³/mol. The summed E-state index contributed by atoms with van der Waals surface area (Å²) in [5.74, 6) is -1.56. The van der Waals surface area contributed by atoms with Crippen molar-refractivity contribution in [2.75, 3.05) is 24.5 Å². The minimum absolute atomic E-state index is 0.0803. The molecular formula is C23H28FN5O4. The summed E-state index contributed by atoms with van der Waals surface area (Å²) < 4.78 is 14.4. The zero-order valence-electron chi connectivity index (χ0n) is 18.4. The van der Waals surface area contributed by atoms with Gasteiger partial charge < -0.3 is 20.6 Å². The van der Waals surface area contributed by atoms with Crippen molar-refractivity contribution >= 4 is 23.3 Å². The van der Waals surface area contributed by atoms with Gasteiger partial charge in [0.2, 0.25) is 5.91 Å². The molecule has 0 bridgehead atoms. The van der Waals surface area contributed by atoms with Crippen LogP contribution in [-0.4, -0.2) is 64.2 Å². The Bertz CT molecular complexity index is 1030. The van der Waals surface area contributed by atoms with Crippen LogP contribution in [0.2, 0.25) is 0 Å². The van der Waals surface area contributed by atoms with Crippen molar-refractivity contribution in [3.63, 3.8) is 0 Å². The number of Topliss-reactive ketones (excluding diaryl/α,β-unsaturated/α-hetero) is 1. The molecule has 176 valence electrons. The second-order valence-corrected chi connectivity index (χ2v) is 8.84. The Kier molecular flexibility index (Phi) is 6.46. The van der Waals surface area contributed by atoms with Gasteiger partial charge in [0, 0.05) is 25.8 Å². The van der Waals surface area contributed by atoms with E-state index in [0.717, 1.165) is 12.8 Å². The Morgan fingerprint density at radius 2 is 2.03 bits per heavy atom. The van der Waals surface area contributed by atoms with Gasteiger partial charge in [-0.05, 0) is 50.7 Å². The van der Waals surface area contributed by atoms with E-state index < -0.39 is 23.2 Å². The summed E-state index contributed by atoms with van der Waals surface area (Å²) in [5, 5.41) is 21.8. The average molecular weight is 458 g/mol. The van der Waals surface area contributed by atoms with Crippen molar-refractivity contribution in [1.29, 1.82) is 0 Å². The van der Waals surface area contributed by atoms with Gasteiger partial charge >= 0.3 is 0 Å². The summed E-state index contributed by atoms with van der Waals surface area (Å²) in [6.07, 6.45) is 4.32. The molecule has 1 atom stereocenters. The van der Waals surface area contributed by atoms with E-state index in [-0.39, 0.29) is 23.3 Å². The van der Waals surface area contributed by atoms with Gasteiger partial charge in [-0.1, -0.05) is 6.07 Å². The summed E-state index contributed by atoms with van der Waals surface area (Å²) in [6, 6.07) is 4.48. The van der Waals surface area contributed by atoms with Crippen LogP contribution in [0.5, 0.6) is 0 Å². The lowest BCUT2D eigenvalue weighted by Gasteiger charge is -2.35. The first kappa shape index (κ1) is 22.9. The second kappa shape index (κ2) is 9.30. The molecule has 4 N–H and O–H groups in total. The molecule has 2 heterocycles. The van der Waals surface area contributed by atoms with Gasteiger partial charge in [-0.15, -0.1) is 0 Å². The smallest absolute Gasteiger partial charge is 0.255 e. The predicted octanol–water partition coefficient (Wildman–Crippen LogP) is 1.41. The number of piperidine rings is 1. The molecule has 9 nitrogen and oxygen atoms in total. The Labute approximate surface area is 190 Å². The third-order valence-corrected chi connectivity index (χ3v) is 6.42. The minimum atomic E-state index is -1.28. The molecule has 1 aliphatic heterocycles. The SMILES string of the molecule is CC(O)C(=O)c1c(F)cccc1N1CCC(CNC(=O)C2(NC(=O)c3cn[nH]c3)CC2)CC1. The van der Waals surface area contributed by atoms with Crippen LogP contribution in [0.25, 0.3) is 0 Å². The highest BCUT2D eigenvalue weighted by molar-refractivity contribution is 6.04. The molecule has 1 aliphatic carbocycles. The number of carbonyl (C=O) groups is 3. The van der Waals surface area contributed by atoms with E-state index in [4.69, 9.17) is 0 Å². The number of amides is 2. The summed E-state index contributed by atoms with van der Waals surface area (Å²) in [4.78, 5) is 39.3. The van der Waals surface area contributed by atoms with Gasteiger partial charge in [-0.3, -0.25) is 19.5 Å². The highest BCUT2D eigenvalue weighted by atomic mass is 19.1. The lowest BCUT2D eigenvalue weighted by molar-refractivity contribution is -0.124. The molecule has 0 radical (unpaired) electrons. The molecule has 1 aromatic heterocycles. The van der Waals surface area contributed by atoms with Gasteiger partial charge in [0.15, 0.2) is 5.78 Å². The number of rotatable bonds is 8. The van der Waals surface area contributed by atoms with Gasteiger partial charge in [0.1, 0.15) is 17.5 Å². The number of nitrogens with one attached hydrogen (secondary N) is 3. The Morgan fingerprint density at radius 3 is 2.64 bits per heavy atom.